The van der Waals surface area contributed by atoms with Gasteiger partial charge in [0.15, 0.2) is 0 Å². The highest BCUT2D eigenvalue weighted by Crippen LogP contribution is 2.21. The molecular weight excluding hydrogens is 230 g/mol. The zero-order chi connectivity index (χ0) is 13.5. The summed E-state index contributed by atoms with van der Waals surface area (Å²) in [5, 5.41) is 3.71. The third-order valence-corrected chi connectivity index (χ3v) is 4.17. The minimum absolute atomic E-state index is 0.507. The highest BCUT2D eigenvalue weighted by molar-refractivity contribution is 5.25. The maximum Gasteiger partial charge on any atom is 0.0317 e. The van der Waals surface area contributed by atoms with E-state index in [9.17, 15) is 0 Å². The number of allylic oxidation sites excluding steroid dienone is 1. The van der Waals surface area contributed by atoms with Gasteiger partial charge in [0.25, 0.3) is 0 Å². The second kappa shape index (κ2) is 7.49. The second-order valence-electron chi connectivity index (χ2n) is 5.51. The molecule has 0 aliphatic heterocycles. The quantitative estimate of drug-likeness (QED) is 0.692. The third-order valence-electron chi connectivity index (χ3n) is 4.17. The molecule has 0 radical (unpaired) electrons. The van der Waals surface area contributed by atoms with Crippen molar-refractivity contribution in [2.75, 3.05) is 6.54 Å². The lowest BCUT2D eigenvalue weighted by atomic mass is 10.0. The number of nitrogens with one attached hydrogen (secondary N) is 1. The van der Waals surface area contributed by atoms with Crippen LogP contribution in [0.25, 0.3) is 0 Å². The Balaban J connectivity index is 1.84. The summed E-state index contributed by atoms with van der Waals surface area (Å²) in [5.74, 6) is 0. The van der Waals surface area contributed by atoms with Gasteiger partial charge < -0.3 is 5.32 Å². The summed E-state index contributed by atoms with van der Waals surface area (Å²) in [5.41, 5.74) is 4.51. The molecule has 1 N–H and O–H groups in total. The fourth-order valence-electron chi connectivity index (χ4n) is 2.85. The van der Waals surface area contributed by atoms with E-state index in [4.69, 9.17) is 0 Å². The first kappa shape index (κ1) is 14.3. The van der Waals surface area contributed by atoms with Crippen molar-refractivity contribution >= 4 is 0 Å². The van der Waals surface area contributed by atoms with E-state index in [2.05, 4.69) is 49.5 Å². The van der Waals surface area contributed by atoms with Crippen LogP contribution in [0.2, 0.25) is 0 Å². The number of hydrogen-bond acceptors (Lipinski definition) is 1. The van der Waals surface area contributed by atoms with Crippen LogP contribution < -0.4 is 5.32 Å². The van der Waals surface area contributed by atoms with Crippen LogP contribution in [0.5, 0.6) is 0 Å². The first-order valence-corrected chi connectivity index (χ1v) is 7.83. The van der Waals surface area contributed by atoms with Gasteiger partial charge in [-0.2, -0.15) is 0 Å². The summed E-state index contributed by atoms with van der Waals surface area (Å²) >= 11 is 0. The predicted molar refractivity (Wildman–Crippen MR) is 83.4 cm³/mol. The van der Waals surface area contributed by atoms with Gasteiger partial charge in [0.05, 0.1) is 0 Å². The smallest absolute Gasteiger partial charge is 0.0317 e. The second-order valence-corrected chi connectivity index (χ2v) is 5.51. The molecule has 0 heterocycles. The molecule has 1 aliphatic rings. The summed E-state index contributed by atoms with van der Waals surface area (Å²) in [7, 11) is 0. The number of rotatable bonds is 7. The molecule has 104 valence electrons. The van der Waals surface area contributed by atoms with Gasteiger partial charge >= 0.3 is 0 Å². The maximum atomic E-state index is 3.71. The van der Waals surface area contributed by atoms with Crippen molar-refractivity contribution in [3.63, 3.8) is 0 Å². The van der Waals surface area contributed by atoms with E-state index in [-0.39, 0.29) is 0 Å². The Morgan fingerprint density at radius 1 is 1.16 bits per heavy atom. The average molecular weight is 257 g/mol. The molecule has 0 bridgehead atoms. The largest absolute Gasteiger partial charge is 0.310 e. The fourth-order valence-corrected chi connectivity index (χ4v) is 2.85. The van der Waals surface area contributed by atoms with Crippen LogP contribution in [0, 0.1) is 0 Å². The molecule has 2 rings (SSSR count). The molecule has 1 nitrogen and oxygen atoms in total. The highest BCUT2D eigenvalue weighted by atomic mass is 14.9. The molecule has 0 spiro atoms. The Labute approximate surface area is 118 Å². The van der Waals surface area contributed by atoms with Gasteiger partial charge in [-0.1, -0.05) is 49.8 Å². The van der Waals surface area contributed by atoms with E-state index in [1.54, 1.807) is 5.57 Å². The zero-order valence-electron chi connectivity index (χ0n) is 12.4. The number of aryl methyl sites for hydroxylation is 1. The SMILES string of the molecule is CCc1ccc(C(CC)NCCC2=CCCC2)cc1. The molecule has 1 unspecified atom stereocenters. The maximum absolute atomic E-state index is 3.71. The molecule has 0 saturated heterocycles. The minimum atomic E-state index is 0.507. The molecular formula is C18H27N. The topological polar surface area (TPSA) is 12.0 Å². The van der Waals surface area contributed by atoms with E-state index in [1.165, 1.54) is 36.8 Å². The van der Waals surface area contributed by atoms with Crippen LogP contribution in [-0.4, -0.2) is 6.54 Å². The van der Waals surface area contributed by atoms with Gasteiger partial charge in [0.2, 0.25) is 0 Å². The van der Waals surface area contributed by atoms with E-state index in [1.807, 2.05) is 0 Å². The summed E-state index contributed by atoms with van der Waals surface area (Å²) in [6, 6.07) is 9.61. The van der Waals surface area contributed by atoms with Crippen LogP contribution >= 0.6 is 0 Å². The molecule has 0 aromatic heterocycles. The van der Waals surface area contributed by atoms with Crippen LogP contribution in [0.1, 0.15) is 63.1 Å². The normalized spacial score (nSPS) is 16.4. The molecule has 0 fully saturated rings. The lowest BCUT2D eigenvalue weighted by Crippen LogP contribution is -2.22. The van der Waals surface area contributed by atoms with Crippen molar-refractivity contribution < 1.29 is 0 Å². The van der Waals surface area contributed by atoms with E-state index in [0.717, 1.165) is 19.4 Å². The molecule has 1 heteroatoms. The van der Waals surface area contributed by atoms with Crippen LogP contribution in [0.4, 0.5) is 0 Å². The summed E-state index contributed by atoms with van der Waals surface area (Å²) in [4.78, 5) is 0. The lowest BCUT2D eigenvalue weighted by molar-refractivity contribution is 0.520. The van der Waals surface area contributed by atoms with Crippen molar-refractivity contribution in [3.05, 3.63) is 47.0 Å². The van der Waals surface area contributed by atoms with Crippen molar-refractivity contribution in [1.82, 2.24) is 5.32 Å². The Bertz CT molecular complexity index is 402. The Morgan fingerprint density at radius 3 is 2.53 bits per heavy atom. The summed E-state index contributed by atoms with van der Waals surface area (Å²) in [6.45, 7) is 5.58. The van der Waals surface area contributed by atoms with E-state index < -0.39 is 0 Å². The molecule has 19 heavy (non-hydrogen) atoms. The van der Waals surface area contributed by atoms with Crippen molar-refractivity contribution in [3.8, 4) is 0 Å². The van der Waals surface area contributed by atoms with Crippen molar-refractivity contribution in [2.45, 2.75) is 58.4 Å². The minimum Gasteiger partial charge on any atom is -0.310 e. The standard InChI is InChI=1S/C18H27N/c1-3-15-9-11-17(12-10-15)18(4-2)19-14-13-16-7-5-6-8-16/h7,9-12,18-19H,3-6,8,13-14H2,1-2H3. The molecule has 1 atom stereocenters. The van der Waals surface area contributed by atoms with Gasteiger partial charge in [-0.25, -0.2) is 0 Å². The van der Waals surface area contributed by atoms with Crippen LogP contribution in [0.15, 0.2) is 35.9 Å². The van der Waals surface area contributed by atoms with E-state index in [0.29, 0.717) is 6.04 Å². The molecule has 1 aliphatic carbocycles. The van der Waals surface area contributed by atoms with E-state index >= 15 is 0 Å². The molecule has 0 amide bonds. The molecule has 1 aromatic carbocycles. The zero-order valence-corrected chi connectivity index (χ0v) is 12.4. The number of hydrogen-bond donors (Lipinski definition) is 1. The first-order valence-electron chi connectivity index (χ1n) is 7.83. The highest BCUT2D eigenvalue weighted by Gasteiger charge is 2.09. The molecule has 0 saturated carbocycles. The Morgan fingerprint density at radius 2 is 1.95 bits per heavy atom. The van der Waals surface area contributed by atoms with Gasteiger partial charge in [-0.05, 0) is 56.2 Å². The van der Waals surface area contributed by atoms with Crippen molar-refractivity contribution in [1.29, 1.82) is 0 Å². The van der Waals surface area contributed by atoms with Crippen LogP contribution in [-0.2, 0) is 6.42 Å². The lowest BCUT2D eigenvalue weighted by Gasteiger charge is -2.18. The Kier molecular flexibility index (Phi) is 5.65. The average Bonchev–Trinajstić information content (AvgIpc) is 2.97. The van der Waals surface area contributed by atoms with Gasteiger partial charge in [0, 0.05) is 6.04 Å². The third kappa shape index (κ3) is 4.21. The first-order chi connectivity index (χ1) is 9.33. The van der Waals surface area contributed by atoms with Crippen molar-refractivity contribution in [2.24, 2.45) is 0 Å². The van der Waals surface area contributed by atoms with Gasteiger partial charge in [-0.3, -0.25) is 0 Å². The van der Waals surface area contributed by atoms with Gasteiger partial charge in [0.1, 0.15) is 0 Å². The predicted octanol–water partition coefficient (Wildman–Crippen LogP) is 4.79. The molecule has 1 aromatic rings. The number of benzene rings is 1. The summed E-state index contributed by atoms with van der Waals surface area (Å²) < 4.78 is 0. The fraction of sp³-hybridized carbons (Fsp3) is 0.556. The Hall–Kier alpha value is -1.08. The summed E-state index contributed by atoms with van der Waals surface area (Å²) in [6.07, 6.45) is 9.92. The van der Waals surface area contributed by atoms with Gasteiger partial charge in [-0.15, -0.1) is 0 Å². The monoisotopic (exact) mass is 257 g/mol. The van der Waals surface area contributed by atoms with Crippen LogP contribution in [0.3, 0.4) is 0 Å².